The zero-order valence-corrected chi connectivity index (χ0v) is 18.8. The Balaban J connectivity index is 0.00000364. The number of para-hydroxylation sites is 2. The number of anilines is 1. The van der Waals surface area contributed by atoms with Gasteiger partial charge in [-0.1, -0.05) is 19.1 Å². The lowest BCUT2D eigenvalue weighted by Gasteiger charge is -2.22. The fourth-order valence-electron chi connectivity index (χ4n) is 3.02. The summed E-state index contributed by atoms with van der Waals surface area (Å²) in [6.45, 7) is 5.19. The van der Waals surface area contributed by atoms with Crippen LogP contribution in [0.1, 0.15) is 26.2 Å². The number of guanidine groups is 1. The Morgan fingerprint density at radius 2 is 2.07 bits per heavy atom. The van der Waals surface area contributed by atoms with Crippen molar-refractivity contribution in [3.8, 4) is 5.75 Å². The van der Waals surface area contributed by atoms with Gasteiger partial charge < -0.3 is 25.6 Å². The standard InChI is InChI=1S/C19H31N5O2.HI/c1-4-11-21-18(25)9-12-22-19(20-2)23-15-10-13-24(14-15)16-7-5-6-8-17(16)26-3;/h5-8,15H,4,9-14H2,1-3H3,(H,21,25)(H2,20,22,23);1H. The summed E-state index contributed by atoms with van der Waals surface area (Å²) in [5.41, 5.74) is 1.12. The molecule has 1 aliphatic heterocycles. The summed E-state index contributed by atoms with van der Waals surface area (Å²) < 4.78 is 5.46. The van der Waals surface area contributed by atoms with Gasteiger partial charge in [-0.25, -0.2) is 0 Å². The van der Waals surface area contributed by atoms with Crippen LogP contribution in [-0.2, 0) is 4.79 Å². The van der Waals surface area contributed by atoms with E-state index in [1.54, 1.807) is 14.2 Å². The maximum absolute atomic E-state index is 11.6. The number of nitrogens with zero attached hydrogens (tertiary/aromatic N) is 2. The molecular weight excluding hydrogens is 457 g/mol. The first-order chi connectivity index (χ1) is 12.7. The molecule has 1 fully saturated rings. The number of carbonyl (C=O) groups excluding carboxylic acids is 1. The average Bonchev–Trinajstić information content (AvgIpc) is 3.13. The second-order valence-corrected chi connectivity index (χ2v) is 6.35. The number of halogens is 1. The Morgan fingerprint density at radius 1 is 1.30 bits per heavy atom. The van der Waals surface area contributed by atoms with Gasteiger partial charge in [0.2, 0.25) is 5.91 Å². The summed E-state index contributed by atoms with van der Waals surface area (Å²) in [6, 6.07) is 8.39. The minimum atomic E-state index is 0. The molecule has 0 aromatic heterocycles. The summed E-state index contributed by atoms with van der Waals surface area (Å²) in [6.07, 6.45) is 2.42. The molecule has 0 aliphatic carbocycles. The summed E-state index contributed by atoms with van der Waals surface area (Å²) >= 11 is 0. The van der Waals surface area contributed by atoms with Gasteiger partial charge in [-0.15, -0.1) is 24.0 Å². The second kappa shape index (κ2) is 12.6. The predicted molar refractivity (Wildman–Crippen MR) is 121 cm³/mol. The molecule has 7 nitrogen and oxygen atoms in total. The lowest BCUT2D eigenvalue weighted by atomic mass is 10.2. The molecule has 0 radical (unpaired) electrons. The summed E-state index contributed by atoms with van der Waals surface area (Å²) in [5, 5.41) is 9.53. The van der Waals surface area contributed by atoms with Crippen LogP contribution in [0, 0.1) is 0 Å². The molecule has 0 bridgehead atoms. The molecule has 0 spiro atoms. The van der Waals surface area contributed by atoms with Gasteiger partial charge >= 0.3 is 0 Å². The van der Waals surface area contributed by atoms with Crippen LogP contribution in [-0.4, -0.2) is 58.2 Å². The van der Waals surface area contributed by atoms with Gasteiger partial charge in [-0.05, 0) is 25.0 Å². The SMILES string of the molecule is CCCNC(=O)CCNC(=NC)NC1CCN(c2ccccc2OC)C1.I. The third-order valence-electron chi connectivity index (χ3n) is 4.40. The Bertz CT molecular complexity index is 612. The molecule has 1 aromatic carbocycles. The average molecular weight is 489 g/mol. The number of benzene rings is 1. The van der Waals surface area contributed by atoms with E-state index in [0.29, 0.717) is 19.0 Å². The van der Waals surface area contributed by atoms with Crippen molar-refractivity contribution >= 4 is 41.5 Å². The van der Waals surface area contributed by atoms with E-state index >= 15 is 0 Å². The molecule has 1 heterocycles. The fraction of sp³-hybridized carbons (Fsp3) is 0.579. The molecule has 1 amide bonds. The van der Waals surface area contributed by atoms with Crippen LogP contribution in [0.5, 0.6) is 5.75 Å². The number of carbonyl (C=O) groups is 1. The van der Waals surface area contributed by atoms with Crippen molar-refractivity contribution < 1.29 is 9.53 Å². The normalized spacial score (nSPS) is 16.5. The van der Waals surface area contributed by atoms with E-state index in [-0.39, 0.29) is 29.9 Å². The van der Waals surface area contributed by atoms with Crippen molar-refractivity contribution in [2.75, 3.05) is 45.2 Å². The minimum absolute atomic E-state index is 0. The number of hydrogen-bond donors (Lipinski definition) is 3. The van der Waals surface area contributed by atoms with Gasteiger partial charge in [-0.3, -0.25) is 9.79 Å². The number of rotatable bonds is 8. The number of aliphatic imine (C=N–C) groups is 1. The van der Waals surface area contributed by atoms with Crippen LogP contribution in [0.2, 0.25) is 0 Å². The number of amides is 1. The van der Waals surface area contributed by atoms with Crippen molar-refractivity contribution in [2.45, 2.75) is 32.2 Å². The van der Waals surface area contributed by atoms with E-state index in [9.17, 15) is 4.79 Å². The van der Waals surface area contributed by atoms with Crippen molar-refractivity contribution in [3.63, 3.8) is 0 Å². The number of methoxy groups -OCH3 is 1. The molecule has 8 heteroatoms. The number of ether oxygens (including phenoxy) is 1. The maximum atomic E-state index is 11.6. The predicted octanol–water partition coefficient (Wildman–Crippen LogP) is 1.97. The summed E-state index contributed by atoms with van der Waals surface area (Å²) in [4.78, 5) is 18.2. The Kier molecular flexibility index (Phi) is 10.9. The third kappa shape index (κ3) is 7.43. The zero-order valence-electron chi connectivity index (χ0n) is 16.5. The van der Waals surface area contributed by atoms with Crippen molar-refractivity contribution in [3.05, 3.63) is 24.3 Å². The molecule has 0 saturated carbocycles. The smallest absolute Gasteiger partial charge is 0.221 e. The highest BCUT2D eigenvalue weighted by Gasteiger charge is 2.25. The molecule has 27 heavy (non-hydrogen) atoms. The van der Waals surface area contributed by atoms with E-state index < -0.39 is 0 Å². The monoisotopic (exact) mass is 489 g/mol. The van der Waals surface area contributed by atoms with Crippen molar-refractivity contribution in [1.29, 1.82) is 0 Å². The molecule has 152 valence electrons. The van der Waals surface area contributed by atoms with E-state index in [0.717, 1.165) is 49.9 Å². The van der Waals surface area contributed by atoms with Crippen LogP contribution < -0.4 is 25.6 Å². The Morgan fingerprint density at radius 3 is 2.78 bits per heavy atom. The van der Waals surface area contributed by atoms with Gasteiger partial charge in [0.25, 0.3) is 0 Å². The molecule has 1 atom stereocenters. The zero-order chi connectivity index (χ0) is 18.8. The lowest BCUT2D eigenvalue weighted by Crippen LogP contribution is -2.45. The lowest BCUT2D eigenvalue weighted by molar-refractivity contribution is -0.120. The Labute approximate surface area is 179 Å². The molecule has 1 saturated heterocycles. The van der Waals surface area contributed by atoms with Gasteiger partial charge in [0.05, 0.1) is 12.8 Å². The van der Waals surface area contributed by atoms with E-state index in [1.165, 1.54) is 0 Å². The van der Waals surface area contributed by atoms with E-state index in [2.05, 4.69) is 31.9 Å². The highest BCUT2D eigenvalue weighted by atomic mass is 127. The largest absolute Gasteiger partial charge is 0.495 e. The molecule has 1 unspecified atom stereocenters. The van der Waals surface area contributed by atoms with Crippen LogP contribution in [0.3, 0.4) is 0 Å². The quantitative estimate of drug-likeness (QED) is 0.296. The van der Waals surface area contributed by atoms with Crippen LogP contribution in [0.4, 0.5) is 5.69 Å². The third-order valence-corrected chi connectivity index (χ3v) is 4.40. The second-order valence-electron chi connectivity index (χ2n) is 6.35. The maximum Gasteiger partial charge on any atom is 0.221 e. The van der Waals surface area contributed by atoms with Gasteiger partial charge in [0.1, 0.15) is 5.75 Å². The van der Waals surface area contributed by atoms with Crippen LogP contribution in [0.25, 0.3) is 0 Å². The highest BCUT2D eigenvalue weighted by molar-refractivity contribution is 14.0. The first kappa shape index (κ1) is 23.3. The molecular formula is C19H32IN5O2. The van der Waals surface area contributed by atoms with E-state index in [1.807, 2.05) is 25.1 Å². The summed E-state index contributed by atoms with van der Waals surface area (Å²) in [7, 11) is 3.45. The number of hydrogen-bond acceptors (Lipinski definition) is 4. The van der Waals surface area contributed by atoms with Gasteiger partial charge in [0.15, 0.2) is 5.96 Å². The minimum Gasteiger partial charge on any atom is -0.495 e. The van der Waals surface area contributed by atoms with Crippen molar-refractivity contribution in [1.82, 2.24) is 16.0 Å². The van der Waals surface area contributed by atoms with Crippen molar-refractivity contribution in [2.24, 2.45) is 4.99 Å². The van der Waals surface area contributed by atoms with Gasteiger partial charge in [-0.2, -0.15) is 0 Å². The molecule has 3 N–H and O–H groups in total. The molecule has 2 rings (SSSR count). The topological polar surface area (TPSA) is 78.0 Å². The Hall–Kier alpha value is -1.71. The van der Waals surface area contributed by atoms with E-state index in [4.69, 9.17) is 4.74 Å². The van der Waals surface area contributed by atoms with Gasteiger partial charge in [0, 0.05) is 45.7 Å². The fourth-order valence-corrected chi connectivity index (χ4v) is 3.02. The van der Waals surface area contributed by atoms with Crippen LogP contribution in [0.15, 0.2) is 29.3 Å². The molecule has 1 aliphatic rings. The first-order valence-electron chi connectivity index (χ1n) is 9.29. The molecule has 1 aromatic rings. The number of nitrogens with one attached hydrogen (secondary N) is 3. The highest BCUT2D eigenvalue weighted by Crippen LogP contribution is 2.30. The van der Waals surface area contributed by atoms with Crippen LogP contribution >= 0.6 is 24.0 Å². The first-order valence-corrected chi connectivity index (χ1v) is 9.29. The summed E-state index contributed by atoms with van der Waals surface area (Å²) in [5.74, 6) is 1.70.